The van der Waals surface area contributed by atoms with Gasteiger partial charge in [0.05, 0.1) is 5.75 Å². The number of carbonyl (C=O) groups is 1. The fraction of sp³-hybridized carbons (Fsp3) is 0.400. The van der Waals surface area contributed by atoms with Gasteiger partial charge in [-0.05, 0) is 31.0 Å². The van der Waals surface area contributed by atoms with Gasteiger partial charge in [-0.2, -0.15) is 0 Å². The van der Waals surface area contributed by atoms with Crippen LogP contribution in [-0.2, 0) is 9.53 Å². The molecule has 2 N–H and O–H groups in total. The van der Waals surface area contributed by atoms with Crippen molar-refractivity contribution in [3.05, 3.63) is 29.8 Å². The van der Waals surface area contributed by atoms with Crippen molar-refractivity contribution in [1.29, 1.82) is 0 Å². The topological polar surface area (TPSA) is 76.1 Å². The Bertz CT molecular complexity index is 633. The number of hydrogen-bond donors (Lipinski definition) is 2. The first kappa shape index (κ1) is 17.7. The maximum atomic E-state index is 11.7. The van der Waals surface area contributed by atoms with Crippen LogP contribution < -0.4 is 10.6 Å². The van der Waals surface area contributed by atoms with Crippen LogP contribution in [0.25, 0.3) is 0 Å². The number of anilines is 2. The average Bonchev–Trinajstić information content (AvgIpc) is 2.97. The molecule has 0 fully saturated rings. The number of ether oxygens (including phenoxy) is 1. The summed E-state index contributed by atoms with van der Waals surface area (Å²) in [6.07, 6.45) is 0.816. The summed E-state index contributed by atoms with van der Waals surface area (Å²) >= 11 is 2.83. The number of thioether (sulfide) groups is 1. The van der Waals surface area contributed by atoms with Crippen LogP contribution in [0.5, 0.6) is 0 Å². The Morgan fingerprint density at radius 1 is 1.39 bits per heavy atom. The molecule has 2 aromatic rings. The molecule has 0 aliphatic carbocycles. The van der Waals surface area contributed by atoms with Gasteiger partial charge in [0.2, 0.25) is 11.0 Å². The molecule has 0 radical (unpaired) electrons. The number of methoxy groups -OCH3 is 1. The number of benzene rings is 1. The summed E-state index contributed by atoms with van der Waals surface area (Å²) in [7, 11) is 1.65. The third-order valence-corrected chi connectivity index (χ3v) is 4.82. The Hall–Kier alpha value is -1.64. The van der Waals surface area contributed by atoms with Crippen LogP contribution in [0.3, 0.4) is 0 Å². The van der Waals surface area contributed by atoms with Crippen LogP contribution in [0.15, 0.2) is 28.6 Å². The zero-order chi connectivity index (χ0) is 16.5. The van der Waals surface area contributed by atoms with Gasteiger partial charge in [0.1, 0.15) is 0 Å². The third kappa shape index (κ3) is 6.55. The highest BCUT2D eigenvalue weighted by molar-refractivity contribution is 8.01. The molecule has 0 spiro atoms. The minimum atomic E-state index is -0.00510. The molecule has 1 aromatic heterocycles. The van der Waals surface area contributed by atoms with E-state index in [0.717, 1.165) is 21.6 Å². The second-order valence-electron chi connectivity index (χ2n) is 4.85. The van der Waals surface area contributed by atoms with Gasteiger partial charge in [-0.25, -0.2) is 0 Å². The van der Waals surface area contributed by atoms with E-state index >= 15 is 0 Å². The Morgan fingerprint density at radius 2 is 2.26 bits per heavy atom. The van der Waals surface area contributed by atoms with E-state index in [1.807, 2.05) is 31.2 Å². The highest BCUT2D eigenvalue weighted by Gasteiger charge is 2.08. The molecule has 6 nitrogen and oxygen atoms in total. The van der Waals surface area contributed by atoms with E-state index in [-0.39, 0.29) is 5.91 Å². The summed E-state index contributed by atoms with van der Waals surface area (Å²) < 4.78 is 5.70. The van der Waals surface area contributed by atoms with Crippen LogP contribution in [-0.4, -0.2) is 42.1 Å². The Labute approximate surface area is 144 Å². The van der Waals surface area contributed by atoms with Gasteiger partial charge in [-0.15, -0.1) is 10.2 Å². The smallest absolute Gasteiger partial charge is 0.230 e. The summed E-state index contributed by atoms with van der Waals surface area (Å²) in [6.45, 7) is 3.32. The van der Waals surface area contributed by atoms with Gasteiger partial charge < -0.3 is 15.4 Å². The van der Waals surface area contributed by atoms with Crippen LogP contribution in [0, 0.1) is 6.92 Å². The van der Waals surface area contributed by atoms with Crippen molar-refractivity contribution in [3.63, 3.8) is 0 Å². The number of nitrogens with zero attached hydrogens (tertiary/aromatic N) is 2. The van der Waals surface area contributed by atoms with Crippen molar-refractivity contribution in [1.82, 2.24) is 15.5 Å². The minimum Gasteiger partial charge on any atom is -0.385 e. The maximum absolute atomic E-state index is 11.7. The summed E-state index contributed by atoms with van der Waals surface area (Å²) in [5, 5.41) is 15.0. The van der Waals surface area contributed by atoms with Gasteiger partial charge in [0, 0.05) is 25.9 Å². The van der Waals surface area contributed by atoms with E-state index in [0.29, 0.717) is 18.9 Å². The number of nitrogens with one attached hydrogen (secondary N) is 2. The zero-order valence-corrected chi connectivity index (χ0v) is 14.8. The summed E-state index contributed by atoms with van der Waals surface area (Å²) in [6, 6.07) is 8.05. The summed E-state index contributed by atoms with van der Waals surface area (Å²) in [5.74, 6) is 0.334. The molecule has 0 aliphatic heterocycles. The average molecular weight is 352 g/mol. The van der Waals surface area contributed by atoms with Gasteiger partial charge in [-0.1, -0.05) is 35.2 Å². The van der Waals surface area contributed by atoms with Crippen molar-refractivity contribution in [3.8, 4) is 0 Å². The first-order valence-corrected chi connectivity index (χ1v) is 9.03. The number of carbonyl (C=O) groups excluding carboxylic acids is 1. The molecule has 0 saturated heterocycles. The zero-order valence-electron chi connectivity index (χ0n) is 13.2. The lowest BCUT2D eigenvalue weighted by molar-refractivity contribution is -0.118. The largest absolute Gasteiger partial charge is 0.385 e. The summed E-state index contributed by atoms with van der Waals surface area (Å²) in [4.78, 5) is 11.7. The molecule has 124 valence electrons. The van der Waals surface area contributed by atoms with Gasteiger partial charge in [0.15, 0.2) is 4.34 Å². The molecule has 2 rings (SSSR count). The molecular formula is C15H20N4O2S2. The molecule has 8 heteroatoms. The predicted molar refractivity (Wildman–Crippen MR) is 94.6 cm³/mol. The number of amides is 1. The molecule has 1 aromatic carbocycles. The number of aromatic nitrogens is 2. The highest BCUT2D eigenvalue weighted by atomic mass is 32.2. The SMILES string of the molecule is COCCCNC(=O)CSc1nnc(Nc2cccc(C)c2)s1. The summed E-state index contributed by atoms with van der Waals surface area (Å²) in [5.41, 5.74) is 2.16. The van der Waals surface area contributed by atoms with Crippen LogP contribution >= 0.6 is 23.1 Å². The molecule has 0 aliphatic rings. The molecule has 0 saturated carbocycles. The van der Waals surface area contributed by atoms with E-state index < -0.39 is 0 Å². The van der Waals surface area contributed by atoms with E-state index in [2.05, 4.69) is 20.8 Å². The van der Waals surface area contributed by atoms with Gasteiger partial charge >= 0.3 is 0 Å². The van der Waals surface area contributed by atoms with Crippen LogP contribution in [0.4, 0.5) is 10.8 Å². The van der Waals surface area contributed by atoms with Crippen LogP contribution in [0.2, 0.25) is 0 Å². The van der Waals surface area contributed by atoms with E-state index in [4.69, 9.17) is 4.74 Å². The number of rotatable bonds is 9. The Balaban J connectivity index is 1.75. The molecular weight excluding hydrogens is 332 g/mol. The Morgan fingerprint density at radius 3 is 3.04 bits per heavy atom. The van der Waals surface area contributed by atoms with Crippen molar-refractivity contribution >= 4 is 39.8 Å². The van der Waals surface area contributed by atoms with E-state index in [9.17, 15) is 4.79 Å². The highest BCUT2D eigenvalue weighted by Crippen LogP contribution is 2.27. The van der Waals surface area contributed by atoms with Crippen molar-refractivity contribution in [2.45, 2.75) is 17.7 Å². The molecule has 0 unspecified atom stereocenters. The second-order valence-corrected chi connectivity index (χ2v) is 7.05. The third-order valence-electron chi connectivity index (χ3n) is 2.85. The predicted octanol–water partition coefficient (Wildman–Crippen LogP) is 2.83. The first-order chi connectivity index (χ1) is 11.2. The molecule has 1 amide bonds. The molecule has 0 bridgehead atoms. The fourth-order valence-corrected chi connectivity index (χ4v) is 3.39. The second kappa shape index (κ2) is 9.49. The molecule has 1 heterocycles. The molecule has 0 atom stereocenters. The van der Waals surface area contributed by atoms with Crippen LogP contribution in [0.1, 0.15) is 12.0 Å². The number of hydrogen-bond acceptors (Lipinski definition) is 7. The lowest BCUT2D eigenvalue weighted by atomic mass is 10.2. The Kier molecular flexibility index (Phi) is 7.31. The minimum absolute atomic E-state index is 0.00510. The fourth-order valence-electron chi connectivity index (χ4n) is 1.79. The standard InChI is InChI=1S/C15H20N4O2S2/c1-11-5-3-6-12(9-11)17-14-18-19-15(23-14)22-10-13(20)16-7-4-8-21-2/h3,5-6,9H,4,7-8,10H2,1-2H3,(H,16,20)(H,17,18). The van der Waals surface area contributed by atoms with E-state index in [1.54, 1.807) is 7.11 Å². The van der Waals surface area contributed by atoms with Gasteiger partial charge in [0.25, 0.3) is 0 Å². The molecule has 23 heavy (non-hydrogen) atoms. The lowest BCUT2D eigenvalue weighted by Gasteiger charge is -2.03. The normalized spacial score (nSPS) is 10.5. The quantitative estimate of drug-likeness (QED) is 0.534. The first-order valence-electron chi connectivity index (χ1n) is 7.23. The monoisotopic (exact) mass is 352 g/mol. The lowest BCUT2D eigenvalue weighted by Crippen LogP contribution is -2.26. The van der Waals surface area contributed by atoms with E-state index in [1.165, 1.54) is 28.7 Å². The maximum Gasteiger partial charge on any atom is 0.230 e. The van der Waals surface area contributed by atoms with Crippen molar-refractivity contribution in [2.75, 3.05) is 31.3 Å². The van der Waals surface area contributed by atoms with Crippen molar-refractivity contribution in [2.24, 2.45) is 0 Å². The van der Waals surface area contributed by atoms with Crippen molar-refractivity contribution < 1.29 is 9.53 Å². The van der Waals surface area contributed by atoms with Gasteiger partial charge in [-0.3, -0.25) is 4.79 Å². The number of aryl methyl sites for hydroxylation is 1.